The fraction of sp³-hybridized carbons (Fsp3) is 0.167. The van der Waals surface area contributed by atoms with Crippen LogP contribution in [0, 0.1) is 11.3 Å². The molecule has 0 radical (unpaired) electrons. The second kappa shape index (κ2) is 9.85. The second-order valence-electron chi connectivity index (χ2n) is 4.91. The molecule has 2 rings (SSSR count). The number of methoxy groups -OCH3 is 1. The molecule has 8 heteroatoms. The number of carbonyl (C=O) groups excluding carboxylic acids is 2. The van der Waals surface area contributed by atoms with Gasteiger partial charge in [-0.1, -0.05) is 12.1 Å². The highest BCUT2D eigenvalue weighted by Crippen LogP contribution is 2.26. The number of hydrogen-bond acceptors (Lipinski definition) is 6. The van der Waals surface area contributed by atoms with E-state index >= 15 is 0 Å². The van der Waals surface area contributed by atoms with Gasteiger partial charge in [0.1, 0.15) is 5.75 Å². The van der Waals surface area contributed by atoms with Crippen molar-refractivity contribution in [3.8, 4) is 11.8 Å². The van der Waals surface area contributed by atoms with Crippen molar-refractivity contribution in [3.05, 3.63) is 52.5 Å². The Hall–Kier alpha value is -2.50. The Balaban J connectivity index is 1.97. The van der Waals surface area contributed by atoms with Crippen LogP contribution in [0.5, 0.6) is 5.75 Å². The van der Waals surface area contributed by atoms with Gasteiger partial charge in [0, 0.05) is 9.37 Å². The lowest BCUT2D eigenvalue weighted by atomic mass is 10.2. The molecule has 134 valence electrons. The van der Waals surface area contributed by atoms with Crippen LogP contribution < -0.4 is 10.1 Å². The minimum absolute atomic E-state index is 0.266. The van der Waals surface area contributed by atoms with Crippen molar-refractivity contribution >= 4 is 45.3 Å². The highest BCUT2D eigenvalue weighted by atomic mass is 79.9. The molecule has 0 atom stereocenters. The first-order valence-corrected chi connectivity index (χ1v) is 9.22. The Morgan fingerprint density at radius 3 is 2.77 bits per heavy atom. The lowest BCUT2D eigenvalue weighted by Gasteiger charge is -2.11. The van der Waals surface area contributed by atoms with E-state index in [9.17, 15) is 9.59 Å². The van der Waals surface area contributed by atoms with Crippen LogP contribution >= 0.6 is 27.7 Å². The van der Waals surface area contributed by atoms with Crippen LogP contribution in [0.25, 0.3) is 0 Å². The third-order valence-electron chi connectivity index (χ3n) is 3.18. The lowest BCUT2D eigenvalue weighted by molar-refractivity contribution is -0.119. The SMILES string of the molecule is COc1ccc(Br)c(C(=O)OCC(=O)Nc2ccccc2SCC#N)c1. The number of nitriles is 1. The van der Waals surface area contributed by atoms with Crippen molar-refractivity contribution in [2.24, 2.45) is 0 Å². The van der Waals surface area contributed by atoms with Gasteiger partial charge in [0.05, 0.1) is 30.2 Å². The first kappa shape index (κ1) is 19.8. The van der Waals surface area contributed by atoms with Crippen LogP contribution in [0.1, 0.15) is 10.4 Å². The lowest BCUT2D eigenvalue weighted by Crippen LogP contribution is -2.21. The summed E-state index contributed by atoms with van der Waals surface area (Å²) in [7, 11) is 1.49. The molecule has 0 aromatic heterocycles. The van der Waals surface area contributed by atoms with Crippen LogP contribution in [0.3, 0.4) is 0 Å². The van der Waals surface area contributed by atoms with Gasteiger partial charge in [0.25, 0.3) is 5.91 Å². The Bertz CT molecular complexity index is 851. The minimum atomic E-state index is -0.641. The number of esters is 1. The zero-order valence-electron chi connectivity index (χ0n) is 13.8. The van der Waals surface area contributed by atoms with E-state index in [0.717, 1.165) is 4.90 Å². The van der Waals surface area contributed by atoms with Crippen LogP contribution in [0.15, 0.2) is 51.8 Å². The van der Waals surface area contributed by atoms with E-state index in [1.54, 1.807) is 30.3 Å². The molecule has 26 heavy (non-hydrogen) atoms. The van der Waals surface area contributed by atoms with Gasteiger partial charge < -0.3 is 14.8 Å². The van der Waals surface area contributed by atoms with E-state index in [1.807, 2.05) is 12.1 Å². The summed E-state index contributed by atoms with van der Waals surface area (Å²) < 4.78 is 10.7. The number of ether oxygens (including phenoxy) is 2. The third kappa shape index (κ3) is 5.51. The number of thioether (sulfide) groups is 1. The number of nitrogens with one attached hydrogen (secondary N) is 1. The summed E-state index contributed by atoms with van der Waals surface area (Å²) in [5, 5.41) is 11.4. The summed E-state index contributed by atoms with van der Waals surface area (Å²) in [6.45, 7) is -0.431. The van der Waals surface area contributed by atoms with Crippen molar-refractivity contribution in [2.45, 2.75) is 4.90 Å². The maximum Gasteiger partial charge on any atom is 0.339 e. The molecule has 1 amide bonds. The highest BCUT2D eigenvalue weighted by Gasteiger charge is 2.15. The number of para-hydroxylation sites is 1. The molecule has 0 unspecified atom stereocenters. The van der Waals surface area contributed by atoms with E-state index in [0.29, 0.717) is 15.9 Å². The summed E-state index contributed by atoms with van der Waals surface area (Å²) in [6, 6.07) is 14.0. The summed E-state index contributed by atoms with van der Waals surface area (Å²) in [5.74, 6) is -0.334. The molecule has 2 aromatic carbocycles. The first-order valence-electron chi connectivity index (χ1n) is 7.44. The summed E-state index contributed by atoms with van der Waals surface area (Å²) in [4.78, 5) is 25.0. The maximum atomic E-state index is 12.2. The maximum absolute atomic E-state index is 12.2. The number of carbonyl (C=O) groups is 2. The summed E-state index contributed by atoms with van der Waals surface area (Å²) in [6.07, 6.45) is 0. The average Bonchev–Trinajstić information content (AvgIpc) is 2.66. The summed E-state index contributed by atoms with van der Waals surface area (Å²) >= 11 is 4.58. The Labute approximate surface area is 163 Å². The fourth-order valence-electron chi connectivity index (χ4n) is 1.99. The number of rotatable bonds is 7. The van der Waals surface area contributed by atoms with Crippen LogP contribution in [-0.2, 0) is 9.53 Å². The fourth-order valence-corrected chi connectivity index (χ4v) is 3.07. The molecular formula is C18H15BrN2O4S. The molecule has 2 aromatic rings. The molecule has 1 N–H and O–H groups in total. The molecule has 0 fully saturated rings. The van der Waals surface area contributed by atoms with E-state index in [1.165, 1.54) is 24.9 Å². The van der Waals surface area contributed by atoms with Gasteiger partial charge in [-0.15, -0.1) is 11.8 Å². The largest absolute Gasteiger partial charge is 0.497 e. The number of nitrogens with zero attached hydrogens (tertiary/aromatic N) is 1. The van der Waals surface area contributed by atoms with E-state index < -0.39 is 18.5 Å². The van der Waals surface area contributed by atoms with Crippen LogP contribution in [0.4, 0.5) is 5.69 Å². The average molecular weight is 435 g/mol. The van der Waals surface area contributed by atoms with Gasteiger partial charge in [0.2, 0.25) is 0 Å². The quantitative estimate of drug-likeness (QED) is 0.525. The van der Waals surface area contributed by atoms with E-state index in [-0.39, 0.29) is 11.3 Å². The van der Waals surface area contributed by atoms with Crippen molar-refractivity contribution in [1.82, 2.24) is 0 Å². The standard InChI is InChI=1S/C18H15BrN2O4S/c1-24-12-6-7-14(19)13(10-12)18(23)25-11-17(22)21-15-4-2-3-5-16(15)26-9-8-20/h2-7,10H,9,11H2,1H3,(H,21,22). The molecule has 0 spiro atoms. The Morgan fingerprint density at radius 2 is 2.04 bits per heavy atom. The van der Waals surface area contributed by atoms with E-state index in [2.05, 4.69) is 21.2 Å². The van der Waals surface area contributed by atoms with Gasteiger partial charge in [0.15, 0.2) is 6.61 Å². The molecule has 0 saturated carbocycles. The van der Waals surface area contributed by atoms with Crippen LogP contribution in [-0.4, -0.2) is 31.3 Å². The molecule has 0 aliphatic rings. The smallest absolute Gasteiger partial charge is 0.339 e. The third-order valence-corrected chi connectivity index (χ3v) is 4.81. The molecular weight excluding hydrogens is 420 g/mol. The predicted octanol–water partition coefficient (Wildman–Crippen LogP) is 3.87. The monoisotopic (exact) mass is 434 g/mol. The zero-order valence-corrected chi connectivity index (χ0v) is 16.2. The van der Waals surface area contributed by atoms with Gasteiger partial charge in [-0.25, -0.2) is 4.79 Å². The second-order valence-corrected chi connectivity index (χ2v) is 6.78. The summed E-state index contributed by atoms with van der Waals surface area (Å²) in [5.41, 5.74) is 0.832. The van der Waals surface area contributed by atoms with Crippen LogP contribution in [0.2, 0.25) is 0 Å². The number of benzene rings is 2. The van der Waals surface area contributed by atoms with Gasteiger partial charge in [-0.2, -0.15) is 5.26 Å². The number of anilines is 1. The number of halogens is 1. The molecule has 0 aliphatic heterocycles. The molecule has 0 bridgehead atoms. The van der Waals surface area contributed by atoms with Crippen molar-refractivity contribution < 1.29 is 19.1 Å². The molecule has 0 heterocycles. The number of amides is 1. The van der Waals surface area contributed by atoms with Gasteiger partial charge in [-0.05, 0) is 46.3 Å². The topological polar surface area (TPSA) is 88.4 Å². The zero-order chi connectivity index (χ0) is 18.9. The predicted molar refractivity (Wildman–Crippen MR) is 102 cm³/mol. The highest BCUT2D eigenvalue weighted by molar-refractivity contribution is 9.10. The van der Waals surface area contributed by atoms with Gasteiger partial charge in [-0.3, -0.25) is 4.79 Å². The first-order chi connectivity index (χ1) is 12.5. The molecule has 0 saturated heterocycles. The van der Waals surface area contributed by atoms with Gasteiger partial charge >= 0.3 is 5.97 Å². The Morgan fingerprint density at radius 1 is 1.27 bits per heavy atom. The number of hydrogen-bond donors (Lipinski definition) is 1. The molecule has 0 aliphatic carbocycles. The van der Waals surface area contributed by atoms with E-state index in [4.69, 9.17) is 14.7 Å². The van der Waals surface area contributed by atoms with Crippen molar-refractivity contribution in [3.63, 3.8) is 0 Å². The van der Waals surface area contributed by atoms with Crippen molar-refractivity contribution in [1.29, 1.82) is 5.26 Å². The molecule has 6 nitrogen and oxygen atoms in total. The normalized spacial score (nSPS) is 9.88. The van der Waals surface area contributed by atoms with Crippen molar-refractivity contribution in [2.75, 3.05) is 24.8 Å². The Kier molecular flexibility index (Phi) is 7.51. The minimum Gasteiger partial charge on any atom is -0.497 e.